The van der Waals surface area contributed by atoms with Gasteiger partial charge in [0.1, 0.15) is 6.54 Å². The standard InChI is InChI=1S/C12H27N5O2/c1-4-19-7-5-6-14-12(17-13)16-9-11(18)15-8-10(2)3/h10H,4-9,13H2,1-3H3,(H,15,18)(H2,14,16,17). The fourth-order valence-corrected chi connectivity index (χ4v) is 1.20. The molecule has 0 aliphatic rings. The lowest BCUT2D eigenvalue weighted by atomic mass is 10.2. The van der Waals surface area contributed by atoms with Gasteiger partial charge in [-0.15, -0.1) is 0 Å². The van der Waals surface area contributed by atoms with Gasteiger partial charge in [-0.25, -0.2) is 10.8 Å². The van der Waals surface area contributed by atoms with Crippen LogP contribution in [0.4, 0.5) is 0 Å². The molecule has 0 saturated carbocycles. The molecule has 0 heterocycles. The molecule has 0 bridgehead atoms. The minimum atomic E-state index is -0.113. The Morgan fingerprint density at radius 1 is 1.37 bits per heavy atom. The second kappa shape index (κ2) is 11.7. The average molecular weight is 273 g/mol. The summed E-state index contributed by atoms with van der Waals surface area (Å²) in [5, 5.41) is 5.79. The van der Waals surface area contributed by atoms with Crippen molar-refractivity contribution in [1.29, 1.82) is 0 Å². The van der Waals surface area contributed by atoms with Crippen LogP contribution in [0.15, 0.2) is 4.99 Å². The smallest absolute Gasteiger partial charge is 0.241 e. The average Bonchev–Trinajstić information content (AvgIpc) is 2.39. The number of hydrogen-bond acceptors (Lipinski definition) is 4. The lowest BCUT2D eigenvalue weighted by molar-refractivity contribution is -0.119. The van der Waals surface area contributed by atoms with E-state index in [9.17, 15) is 4.79 Å². The van der Waals surface area contributed by atoms with E-state index in [1.54, 1.807) is 0 Å². The number of nitrogens with two attached hydrogens (primary N) is 1. The van der Waals surface area contributed by atoms with Gasteiger partial charge >= 0.3 is 0 Å². The number of hydrogen-bond donors (Lipinski definition) is 4. The molecule has 7 heteroatoms. The van der Waals surface area contributed by atoms with E-state index in [4.69, 9.17) is 10.6 Å². The van der Waals surface area contributed by atoms with Crippen molar-refractivity contribution in [3.05, 3.63) is 0 Å². The van der Waals surface area contributed by atoms with Crippen molar-refractivity contribution in [2.75, 3.05) is 32.8 Å². The number of carbonyl (C=O) groups is 1. The molecule has 0 spiro atoms. The maximum atomic E-state index is 11.4. The molecule has 0 fully saturated rings. The molecular formula is C12H27N5O2. The Bertz CT molecular complexity index is 269. The number of aliphatic imine (C=N–C) groups is 1. The first kappa shape index (κ1) is 17.7. The zero-order valence-electron chi connectivity index (χ0n) is 12.2. The first-order valence-electron chi connectivity index (χ1n) is 6.69. The van der Waals surface area contributed by atoms with E-state index in [1.807, 2.05) is 20.8 Å². The molecule has 0 aliphatic heterocycles. The molecule has 0 rings (SSSR count). The van der Waals surface area contributed by atoms with Gasteiger partial charge in [-0.2, -0.15) is 0 Å². The van der Waals surface area contributed by atoms with E-state index < -0.39 is 0 Å². The summed E-state index contributed by atoms with van der Waals surface area (Å²) in [6.45, 7) is 8.84. The molecule has 0 aromatic heterocycles. The highest BCUT2D eigenvalue weighted by Gasteiger charge is 2.02. The van der Waals surface area contributed by atoms with E-state index >= 15 is 0 Å². The van der Waals surface area contributed by atoms with Gasteiger partial charge in [0, 0.05) is 26.3 Å². The van der Waals surface area contributed by atoms with Gasteiger partial charge in [0.15, 0.2) is 0 Å². The number of amides is 1. The van der Waals surface area contributed by atoms with Crippen LogP contribution >= 0.6 is 0 Å². The van der Waals surface area contributed by atoms with Gasteiger partial charge in [-0.3, -0.25) is 10.2 Å². The van der Waals surface area contributed by atoms with Crippen LogP contribution in [0.25, 0.3) is 0 Å². The zero-order chi connectivity index (χ0) is 14.5. The number of guanidine groups is 1. The highest BCUT2D eigenvalue weighted by atomic mass is 16.5. The molecule has 0 atom stereocenters. The van der Waals surface area contributed by atoms with Crippen LogP contribution in [0.2, 0.25) is 0 Å². The van der Waals surface area contributed by atoms with Crippen LogP contribution in [0.1, 0.15) is 27.2 Å². The highest BCUT2D eigenvalue weighted by molar-refractivity contribution is 5.84. The summed E-state index contributed by atoms with van der Waals surface area (Å²) in [5.41, 5.74) is 2.43. The molecule has 0 aliphatic carbocycles. The predicted octanol–water partition coefficient (Wildman–Crippen LogP) is -0.406. The van der Waals surface area contributed by atoms with Crippen molar-refractivity contribution < 1.29 is 9.53 Å². The molecule has 5 N–H and O–H groups in total. The van der Waals surface area contributed by atoms with Crippen LogP contribution < -0.4 is 21.9 Å². The van der Waals surface area contributed by atoms with E-state index in [2.05, 4.69) is 21.1 Å². The summed E-state index contributed by atoms with van der Waals surface area (Å²) in [6, 6.07) is 0. The molecule has 0 saturated heterocycles. The third-order valence-corrected chi connectivity index (χ3v) is 2.19. The number of carbonyl (C=O) groups excluding carboxylic acids is 1. The Morgan fingerprint density at radius 3 is 2.68 bits per heavy atom. The number of hydrazine groups is 1. The maximum absolute atomic E-state index is 11.4. The molecule has 0 unspecified atom stereocenters. The molecule has 19 heavy (non-hydrogen) atoms. The summed E-state index contributed by atoms with van der Waals surface area (Å²) < 4.78 is 5.21. The van der Waals surface area contributed by atoms with Crippen LogP contribution in [-0.2, 0) is 9.53 Å². The van der Waals surface area contributed by atoms with Gasteiger partial charge in [0.05, 0.1) is 0 Å². The Hall–Kier alpha value is -1.34. The normalized spacial score (nSPS) is 11.5. The number of nitrogens with zero attached hydrogens (tertiary/aromatic N) is 1. The second-order valence-electron chi connectivity index (χ2n) is 4.48. The molecule has 0 radical (unpaired) electrons. The maximum Gasteiger partial charge on any atom is 0.241 e. The SMILES string of the molecule is CCOCCCNC(=NCC(=O)NCC(C)C)NN. The monoisotopic (exact) mass is 273 g/mol. The van der Waals surface area contributed by atoms with Crippen LogP contribution in [0.5, 0.6) is 0 Å². The van der Waals surface area contributed by atoms with Crippen molar-refractivity contribution in [3.63, 3.8) is 0 Å². The number of nitrogens with one attached hydrogen (secondary N) is 3. The first-order valence-corrected chi connectivity index (χ1v) is 6.69. The van der Waals surface area contributed by atoms with E-state index in [-0.39, 0.29) is 12.5 Å². The molecule has 1 amide bonds. The van der Waals surface area contributed by atoms with Gasteiger partial charge in [0.25, 0.3) is 0 Å². The third kappa shape index (κ3) is 11.5. The Morgan fingerprint density at radius 2 is 2.11 bits per heavy atom. The zero-order valence-corrected chi connectivity index (χ0v) is 12.2. The van der Waals surface area contributed by atoms with Gasteiger partial charge in [-0.1, -0.05) is 13.8 Å². The molecule has 7 nitrogen and oxygen atoms in total. The Balaban J connectivity index is 3.81. The van der Waals surface area contributed by atoms with Crippen LogP contribution in [-0.4, -0.2) is 44.7 Å². The first-order chi connectivity index (χ1) is 9.10. The molecular weight excluding hydrogens is 246 g/mol. The van der Waals surface area contributed by atoms with Crippen LogP contribution in [0, 0.1) is 5.92 Å². The Labute approximate surface area is 115 Å². The fourth-order valence-electron chi connectivity index (χ4n) is 1.20. The summed E-state index contributed by atoms with van der Waals surface area (Å²) >= 11 is 0. The molecule has 0 aromatic carbocycles. The third-order valence-electron chi connectivity index (χ3n) is 2.19. The number of ether oxygens (including phenoxy) is 1. The lowest BCUT2D eigenvalue weighted by Gasteiger charge is -2.09. The lowest BCUT2D eigenvalue weighted by Crippen LogP contribution is -2.43. The van der Waals surface area contributed by atoms with E-state index in [0.29, 0.717) is 38.2 Å². The summed E-state index contributed by atoms with van der Waals surface area (Å²) in [4.78, 5) is 15.5. The molecule has 112 valence electrons. The highest BCUT2D eigenvalue weighted by Crippen LogP contribution is 1.87. The van der Waals surface area contributed by atoms with E-state index in [1.165, 1.54) is 0 Å². The van der Waals surface area contributed by atoms with Crippen molar-refractivity contribution >= 4 is 11.9 Å². The summed E-state index contributed by atoms with van der Waals surface area (Å²) in [5.74, 6) is 6.04. The Kier molecular flexibility index (Phi) is 10.9. The van der Waals surface area contributed by atoms with E-state index in [0.717, 1.165) is 6.42 Å². The predicted molar refractivity (Wildman–Crippen MR) is 76.6 cm³/mol. The van der Waals surface area contributed by atoms with Crippen LogP contribution in [0.3, 0.4) is 0 Å². The van der Waals surface area contributed by atoms with Crippen molar-refractivity contribution in [3.8, 4) is 0 Å². The minimum Gasteiger partial charge on any atom is -0.382 e. The van der Waals surface area contributed by atoms with Gasteiger partial charge in [0.2, 0.25) is 11.9 Å². The summed E-state index contributed by atoms with van der Waals surface area (Å²) in [6.07, 6.45) is 0.855. The van der Waals surface area contributed by atoms with Crippen molar-refractivity contribution in [1.82, 2.24) is 16.1 Å². The fraction of sp³-hybridized carbons (Fsp3) is 0.833. The number of rotatable bonds is 9. The van der Waals surface area contributed by atoms with Crippen molar-refractivity contribution in [2.24, 2.45) is 16.8 Å². The van der Waals surface area contributed by atoms with Crippen molar-refractivity contribution in [2.45, 2.75) is 27.2 Å². The van der Waals surface area contributed by atoms with Gasteiger partial charge in [-0.05, 0) is 19.3 Å². The topological polar surface area (TPSA) is 101 Å². The molecule has 0 aromatic rings. The quantitative estimate of drug-likeness (QED) is 0.150. The summed E-state index contributed by atoms with van der Waals surface area (Å²) in [7, 11) is 0. The van der Waals surface area contributed by atoms with Gasteiger partial charge < -0.3 is 15.4 Å². The second-order valence-corrected chi connectivity index (χ2v) is 4.48. The largest absolute Gasteiger partial charge is 0.382 e. The minimum absolute atomic E-state index is 0.0602.